The molecule has 8 heteroatoms. The highest BCUT2D eigenvalue weighted by Crippen LogP contribution is 2.29. The Labute approximate surface area is 181 Å². The lowest BCUT2D eigenvalue weighted by atomic mass is 10.2. The van der Waals surface area contributed by atoms with Gasteiger partial charge in [0.15, 0.2) is 0 Å². The Hall–Kier alpha value is -3.78. The van der Waals surface area contributed by atoms with Crippen molar-refractivity contribution in [2.24, 2.45) is 0 Å². The molecular weight excluding hydrogens is 414 g/mol. The van der Waals surface area contributed by atoms with Gasteiger partial charge < -0.3 is 14.0 Å². The predicted molar refractivity (Wildman–Crippen MR) is 119 cm³/mol. The van der Waals surface area contributed by atoms with Crippen LogP contribution < -0.4 is 14.2 Å². The second-order valence-corrected chi connectivity index (χ2v) is 8.49. The van der Waals surface area contributed by atoms with Crippen molar-refractivity contribution in [2.45, 2.75) is 11.8 Å². The van der Waals surface area contributed by atoms with Crippen LogP contribution >= 0.6 is 0 Å². The van der Waals surface area contributed by atoms with Gasteiger partial charge in [-0.1, -0.05) is 24.3 Å². The summed E-state index contributed by atoms with van der Waals surface area (Å²) in [7, 11) is -2.30. The van der Waals surface area contributed by atoms with Gasteiger partial charge in [-0.15, -0.1) is 0 Å². The number of aromatic nitrogens is 2. The van der Waals surface area contributed by atoms with Crippen molar-refractivity contribution in [3.63, 3.8) is 0 Å². The van der Waals surface area contributed by atoms with Gasteiger partial charge in [0.2, 0.25) is 0 Å². The first-order valence-electron chi connectivity index (χ1n) is 9.49. The summed E-state index contributed by atoms with van der Waals surface area (Å²) in [6, 6.07) is 20.6. The van der Waals surface area contributed by atoms with Crippen LogP contribution in [0.5, 0.6) is 17.2 Å². The second-order valence-electron chi connectivity index (χ2n) is 6.80. The topological polar surface area (TPSA) is 82.5 Å². The van der Waals surface area contributed by atoms with E-state index in [1.165, 1.54) is 19.2 Å². The SMILES string of the molecule is COc1cc(NS(=O)(=O)c2cccc(Oc3ccccc3)c2)ccc1-n1cnc(C)c1. The molecule has 0 bridgehead atoms. The second kappa shape index (κ2) is 8.53. The van der Waals surface area contributed by atoms with Crippen LogP contribution in [0, 0.1) is 6.92 Å². The van der Waals surface area contributed by atoms with Crippen molar-refractivity contribution < 1.29 is 17.9 Å². The van der Waals surface area contributed by atoms with E-state index in [1.54, 1.807) is 48.8 Å². The summed E-state index contributed by atoms with van der Waals surface area (Å²) >= 11 is 0. The molecule has 0 fully saturated rings. The number of ether oxygens (including phenoxy) is 2. The van der Waals surface area contributed by atoms with Crippen molar-refractivity contribution in [1.82, 2.24) is 9.55 Å². The monoisotopic (exact) mass is 435 g/mol. The van der Waals surface area contributed by atoms with Gasteiger partial charge in [-0.3, -0.25) is 4.72 Å². The van der Waals surface area contributed by atoms with Crippen LogP contribution in [0.1, 0.15) is 5.69 Å². The highest BCUT2D eigenvalue weighted by molar-refractivity contribution is 7.92. The van der Waals surface area contributed by atoms with E-state index in [9.17, 15) is 8.42 Å². The maximum Gasteiger partial charge on any atom is 0.262 e. The number of hydrogen-bond donors (Lipinski definition) is 1. The molecule has 3 aromatic carbocycles. The molecule has 7 nitrogen and oxygen atoms in total. The summed E-state index contributed by atoms with van der Waals surface area (Å²) in [5.41, 5.74) is 2.00. The summed E-state index contributed by atoms with van der Waals surface area (Å²) in [6.45, 7) is 1.89. The number of sulfonamides is 1. The minimum Gasteiger partial charge on any atom is -0.494 e. The van der Waals surface area contributed by atoms with Gasteiger partial charge >= 0.3 is 0 Å². The van der Waals surface area contributed by atoms with E-state index in [0.717, 1.165) is 11.4 Å². The van der Waals surface area contributed by atoms with Crippen LogP contribution in [0.15, 0.2) is 90.2 Å². The van der Waals surface area contributed by atoms with E-state index >= 15 is 0 Å². The fourth-order valence-electron chi connectivity index (χ4n) is 3.05. The Morgan fingerprint density at radius 2 is 1.71 bits per heavy atom. The zero-order valence-corrected chi connectivity index (χ0v) is 17.8. The molecular formula is C23H21N3O4S. The number of nitrogens with one attached hydrogen (secondary N) is 1. The molecule has 0 spiro atoms. The van der Waals surface area contributed by atoms with Gasteiger partial charge in [0.1, 0.15) is 17.2 Å². The van der Waals surface area contributed by atoms with Crippen LogP contribution in [0.3, 0.4) is 0 Å². The molecule has 4 rings (SSSR count). The van der Waals surface area contributed by atoms with Gasteiger partial charge in [0, 0.05) is 18.3 Å². The van der Waals surface area contributed by atoms with Crippen LogP contribution in [0.25, 0.3) is 5.69 Å². The minimum absolute atomic E-state index is 0.0919. The van der Waals surface area contributed by atoms with E-state index in [-0.39, 0.29) is 4.90 Å². The summed E-state index contributed by atoms with van der Waals surface area (Å²) in [5, 5.41) is 0. The molecule has 0 aliphatic rings. The lowest BCUT2D eigenvalue weighted by molar-refractivity contribution is 0.413. The van der Waals surface area contributed by atoms with Crippen LogP contribution in [-0.4, -0.2) is 25.1 Å². The normalized spacial score (nSPS) is 11.2. The minimum atomic E-state index is -3.83. The third-order valence-electron chi connectivity index (χ3n) is 4.52. The molecule has 0 aliphatic heterocycles. The number of hydrogen-bond acceptors (Lipinski definition) is 5. The number of anilines is 1. The zero-order chi connectivity index (χ0) is 21.8. The van der Waals surface area contributed by atoms with Crippen molar-refractivity contribution in [2.75, 3.05) is 11.8 Å². The van der Waals surface area contributed by atoms with Crippen LogP contribution in [-0.2, 0) is 10.0 Å². The first-order valence-corrected chi connectivity index (χ1v) is 11.0. The molecule has 31 heavy (non-hydrogen) atoms. The standard InChI is InChI=1S/C23H21N3O4S/c1-17-15-26(16-24-17)22-12-11-18(13-23(22)29-2)25-31(27,28)21-10-6-9-20(14-21)30-19-7-4-3-5-8-19/h3-16,25H,1-2H3. The molecule has 1 aromatic heterocycles. The lowest BCUT2D eigenvalue weighted by Crippen LogP contribution is -2.13. The Balaban J connectivity index is 1.58. The van der Waals surface area contributed by atoms with E-state index in [4.69, 9.17) is 9.47 Å². The lowest BCUT2D eigenvalue weighted by Gasteiger charge is -2.13. The maximum atomic E-state index is 12.9. The molecule has 0 saturated carbocycles. The van der Waals surface area contributed by atoms with Gasteiger partial charge in [-0.2, -0.15) is 0 Å². The molecule has 4 aromatic rings. The van der Waals surface area contributed by atoms with E-state index in [2.05, 4.69) is 9.71 Å². The summed E-state index contributed by atoms with van der Waals surface area (Å²) in [4.78, 5) is 4.30. The van der Waals surface area contributed by atoms with Crippen molar-refractivity contribution >= 4 is 15.7 Å². The number of aryl methyl sites for hydroxylation is 1. The highest BCUT2D eigenvalue weighted by atomic mass is 32.2. The molecule has 0 atom stereocenters. The quantitative estimate of drug-likeness (QED) is 0.452. The van der Waals surface area contributed by atoms with Crippen molar-refractivity contribution in [3.05, 3.63) is 91.0 Å². The largest absolute Gasteiger partial charge is 0.494 e. The maximum absolute atomic E-state index is 12.9. The average molecular weight is 436 g/mol. The van der Waals surface area contributed by atoms with Gasteiger partial charge in [0.05, 0.1) is 35.4 Å². The number of nitrogens with zero attached hydrogens (tertiary/aromatic N) is 2. The highest BCUT2D eigenvalue weighted by Gasteiger charge is 2.17. The number of para-hydroxylation sites is 1. The summed E-state index contributed by atoms with van der Waals surface area (Å²) in [5.74, 6) is 1.57. The fraction of sp³-hybridized carbons (Fsp3) is 0.0870. The number of methoxy groups -OCH3 is 1. The fourth-order valence-corrected chi connectivity index (χ4v) is 4.14. The zero-order valence-electron chi connectivity index (χ0n) is 17.0. The molecule has 1 heterocycles. The Bertz CT molecular complexity index is 1300. The van der Waals surface area contributed by atoms with Gasteiger partial charge in [0.25, 0.3) is 10.0 Å². The molecule has 0 aliphatic carbocycles. The molecule has 0 saturated heterocycles. The number of imidazole rings is 1. The van der Waals surface area contributed by atoms with E-state index < -0.39 is 10.0 Å². The van der Waals surface area contributed by atoms with E-state index in [0.29, 0.717) is 22.9 Å². The third kappa shape index (κ3) is 4.70. The third-order valence-corrected chi connectivity index (χ3v) is 5.90. The van der Waals surface area contributed by atoms with Crippen molar-refractivity contribution in [1.29, 1.82) is 0 Å². The molecule has 0 unspecified atom stereocenters. The predicted octanol–water partition coefficient (Wildman–Crippen LogP) is 4.78. The van der Waals surface area contributed by atoms with Crippen LogP contribution in [0.4, 0.5) is 5.69 Å². The summed E-state index contributed by atoms with van der Waals surface area (Å²) < 4.78 is 41.5. The molecule has 0 amide bonds. The van der Waals surface area contributed by atoms with Crippen LogP contribution in [0.2, 0.25) is 0 Å². The van der Waals surface area contributed by atoms with E-state index in [1.807, 2.05) is 35.9 Å². The molecule has 0 radical (unpaired) electrons. The Morgan fingerprint density at radius 1 is 0.935 bits per heavy atom. The van der Waals surface area contributed by atoms with Crippen molar-refractivity contribution in [3.8, 4) is 22.9 Å². The number of benzene rings is 3. The Kier molecular flexibility index (Phi) is 5.64. The van der Waals surface area contributed by atoms with Gasteiger partial charge in [-0.25, -0.2) is 13.4 Å². The smallest absolute Gasteiger partial charge is 0.262 e. The number of rotatable bonds is 7. The average Bonchev–Trinajstić information content (AvgIpc) is 3.20. The van der Waals surface area contributed by atoms with Gasteiger partial charge in [-0.05, 0) is 43.3 Å². The molecule has 1 N–H and O–H groups in total. The first-order chi connectivity index (χ1) is 14.9. The Morgan fingerprint density at radius 3 is 2.42 bits per heavy atom. The summed E-state index contributed by atoms with van der Waals surface area (Å²) in [6.07, 6.45) is 3.54. The molecule has 158 valence electrons. The first kappa shape index (κ1) is 20.5.